The summed E-state index contributed by atoms with van der Waals surface area (Å²) in [7, 11) is 4.89. The van der Waals surface area contributed by atoms with E-state index in [1.165, 1.54) is 0 Å². The van der Waals surface area contributed by atoms with E-state index in [2.05, 4.69) is 9.80 Å². The van der Waals surface area contributed by atoms with Crippen molar-refractivity contribution in [3.8, 4) is 17.2 Å². The van der Waals surface area contributed by atoms with Gasteiger partial charge in [0.2, 0.25) is 11.7 Å². The Morgan fingerprint density at radius 2 is 1.62 bits per heavy atom. The van der Waals surface area contributed by atoms with Crippen LogP contribution in [-0.2, 0) is 16.1 Å². The summed E-state index contributed by atoms with van der Waals surface area (Å²) < 4.78 is 21.8. The first-order valence-corrected chi connectivity index (χ1v) is 10.2. The Morgan fingerprint density at radius 1 is 0.966 bits per heavy atom. The number of rotatable bonds is 7. The number of piperazine rings is 1. The number of morpholine rings is 1. The molecule has 8 nitrogen and oxygen atoms in total. The van der Waals surface area contributed by atoms with Crippen molar-refractivity contribution in [3.63, 3.8) is 0 Å². The van der Waals surface area contributed by atoms with Gasteiger partial charge in [0.25, 0.3) is 0 Å². The van der Waals surface area contributed by atoms with Crippen LogP contribution in [0.4, 0.5) is 0 Å². The Hall–Kier alpha value is -2.03. The number of hydrogen-bond donors (Lipinski definition) is 0. The maximum absolute atomic E-state index is 12.8. The van der Waals surface area contributed by atoms with Crippen molar-refractivity contribution < 1.29 is 23.7 Å². The average molecular weight is 408 g/mol. The van der Waals surface area contributed by atoms with E-state index in [1.54, 1.807) is 21.3 Å². The number of benzene rings is 1. The summed E-state index contributed by atoms with van der Waals surface area (Å²) in [5.74, 6) is 2.21. The van der Waals surface area contributed by atoms with Crippen molar-refractivity contribution in [2.24, 2.45) is 0 Å². The highest BCUT2D eigenvalue weighted by Gasteiger charge is 2.30. The molecule has 0 N–H and O–H groups in total. The quantitative estimate of drug-likeness (QED) is 0.670. The van der Waals surface area contributed by atoms with Crippen LogP contribution in [0.1, 0.15) is 12.5 Å². The van der Waals surface area contributed by atoms with Gasteiger partial charge >= 0.3 is 0 Å². The highest BCUT2D eigenvalue weighted by molar-refractivity contribution is 5.81. The molecule has 1 aromatic rings. The lowest BCUT2D eigenvalue weighted by Crippen LogP contribution is -2.55. The Morgan fingerprint density at radius 3 is 2.21 bits per heavy atom. The van der Waals surface area contributed by atoms with Gasteiger partial charge in [0, 0.05) is 51.4 Å². The zero-order valence-corrected chi connectivity index (χ0v) is 18.0. The molecule has 2 aliphatic heterocycles. The normalized spacial score (nSPS) is 19.7. The molecule has 2 aliphatic rings. The van der Waals surface area contributed by atoms with E-state index in [4.69, 9.17) is 18.9 Å². The van der Waals surface area contributed by atoms with E-state index in [-0.39, 0.29) is 11.9 Å². The van der Waals surface area contributed by atoms with E-state index in [0.717, 1.165) is 38.3 Å². The van der Waals surface area contributed by atoms with Gasteiger partial charge in [-0.3, -0.25) is 14.6 Å². The molecule has 3 rings (SSSR count). The zero-order valence-electron chi connectivity index (χ0n) is 18.0. The molecule has 0 aliphatic carbocycles. The third-order valence-corrected chi connectivity index (χ3v) is 5.81. The largest absolute Gasteiger partial charge is 0.493 e. The van der Waals surface area contributed by atoms with Crippen LogP contribution in [0.15, 0.2) is 12.1 Å². The monoisotopic (exact) mass is 407 g/mol. The Labute approximate surface area is 173 Å². The Bertz CT molecular complexity index is 685. The fraction of sp³-hybridized carbons (Fsp3) is 0.667. The van der Waals surface area contributed by atoms with E-state index in [0.29, 0.717) is 43.6 Å². The molecule has 2 heterocycles. The molecular formula is C21H33N3O5. The van der Waals surface area contributed by atoms with Crippen LogP contribution >= 0.6 is 0 Å². The van der Waals surface area contributed by atoms with Crippen molar-refractivity contribution in [2.75, 3.05) is 73.8 Å². The van der Waals surface area contributed by atoms with Crippen molar-refractivity contribution in [3.05, 3.63) is 17.7 Å². The van der Waals surface area contributed by atoms with Crippen LogP contribution in [0.5, 0.6) is 17.2 Å². The molecule has 8 heteroatoms. The predicted octanol–water partition coefficient (Wildman–Crippen LogP) is 1.08. The van der Waals surface area contributed by atoms with Crippen LogP contribution in [0.3, 0.4) is 0 Å². The van der Waals surface area contributed by atoms with Gasteiger partial charge in [-0.2, -0.15) is 0 Å². The molecule has 0 saturated carbocycles. The third kappa shape index (κ3) is 4.94. The Balaban J connectivity index is 1.58. The minimum Gasteiger partial charge on any atom is -0.493 e. The minimum atomic E-state index is -0.0918. The first-order chi connectivity index (χ1) is 14.1. The van der Waals surface area contributed by atoms with Gasteiger partial charge in [0.05, 0.1) is 40.6 Å². The lowest BCUT2D eigenvalue weighted by molar-refractivity contribution is -0.141. The number of carbonyl (C=O) groups excluding carboxylic acids is 1. The van der Waals surface area contributed by atoms with Crippen LogP contribution in [0, 0.1) is 0 Å². The fourth-order valence-electron chi connectivity index (χ4n) is 4.04. The highest BCUT2D eigenvalue weighted by Crippen LogP contribution is 2.40. The fourth-order valence-corrected chi connectivity index (χ4v) is 4.04. The minimum absolute atomic E-state index is 0.0918. The van der Waals surface area contributed by atoms with Crippen molar-refractivity contribution in [1.82, 2.24) is 14.7 Å². The van der Waals surface area contributed by atoms with Gasteiger partial charge in [0.1, 0.15) is 0 Å². The molecular weight excluding hydrogens is 374 g/mol. The highest BCUT2D eigenvalue weighted by atomic mass is 16.5. The summed E-state index contributed by atoms with van der Waals surface area (Å²) in [5.41, 5.74) is 1.07. The van der Waals surface area contributed by atoms with Crippen molar-refractivity contribution in [1.29, 1.82) is 0 Å². The summed E-state index contributed by atoms with van der Waals surface area (Å²) in [6.07, 6.45) is 0. The van der Waals surface area contributed by atoms with Gasteiger partial charge in [0.15, 0.2) is 11.5 Å². The maximum atomic E-state index is 12.8. The van der Waals surface area contributed by atoms with Crippen molar-refractivity contribution in [2.45, 2.75) is 19.5 Å². The summed E-state index contributed by atoms with van der Waals surface area (Å²) in [5, 5.41) is 0. The molecule has 1 atom stereocenters. The maximum Gasteiger partial charge on any atom is 0.239 e. The topological polar surface area (TPSA) is 63.7 Å². The second-order valence-corrected chi connectivity index (χ2v) is 7.42. The molecule has 0 spiro atoms. The second kappa shape index (κ2) is 10.1. The summed E-state index contributed by atoms with van der Waals surface area (Å²) in [4.78, 5) is 19.3. The first kappa shape index (κ1) is 21.7. The molecule has 0 aromatic heterocycles. The smallest absolute Gasteiger partial charge is 0.239 e. The van der Waals surface area contributed by atoms with Gasteiger partial charge in [-0.25, -0.2) is 0 Å². The van der Waals surface area contributed by atoms with E-state index in [1.807, 2.05) is 24.0 Å². The van der Waals surface area contributed by atoms with Gasteiger partial charge in [-0.15, -0.1) is 0 Å². The molecule has 1 unspecified atom stereocenters. The molecule has 162 valence electrons. The lowest BCUT2D eigenvalue weighted by atomic mass is 10.1. The lowest BCUT2D eigenvalue weighted by Gasteiger charge is -2.39. The van der Waals surface area contributed by atoms with Crippen LogP contribution in [0.25, 0.3) is 0 Å². The van der Waals surface area contributed by atoms with Crippen LogP contribution in [-0.4, -0.2) is 100 Å². The number of carbonyl (C=O) groups is 1. The standard InChI is InChI=1S/C21H33N3O5/c1-16(21(25)24-11-13-29-14-12-24)23-9-7-22(8-10-23)15-17-5-6-18(26-2)20(28-4)19(17)27-3/h5-6,16H,7-15H2,1-4H3. The molecule has 1 amide bonds. The van der Waals surface area contributed by atoms with E-state index < -0.39 is 0 Å². The first-order valence-electron chi connectivity index (χ1n) is 10.2. The summed E-state index contributed by atoms with van der Waals surface area (Å²) in [6, 6.07) is 3.85. The Kier molecular flexibility index (Phi) is 7.57. The van der Waals surface area contributed by atoms with Gasteiger partial charge < -0.3 is 23.8 Å². The average Bonchev–Trinajstić information content (AvgIpc) is 2.78. The van der Waals surface area contributed by atoms with E-state index in [9.17, 15) is 4.79 Å². The molecule has 0 bridgehead atoms. The SMILES string of the molecule is COc1ccc(CN2CCN(C(C)C(=O)N3CCOCC3)CC2)c(OC)c1OC. The third-order valence-electron chi connectivity index (χ3n) is 5.81. The van der Waals surface area contributed by atoms with Crippen molar-refractivity contribution >= 4 is 5.91 Å². The van der Waals surface area contributed by atoms with Gasteiger partial charge in [-0.1, -0.05) is 6.07 Å². The number of hydrogen-bond acceptors (Lipinski definition) is 7. The molecule has 0 radical (unpaired) electrons. The number of nitrogens with zero attached hydrogens (tertiary/aromatic N) is 3. The summed E-state index contributed by atoms with van der Waals surface area (Å²) >= 11 is 0. The van der Waals surface area contributed by atoms with Crippen LogP contribution in [0.2, 0.25) is 0 Å². The number of methoxy groups -OCH3 is 3. The molecule has 2 saturated heterocycles. The molecule has 2 fully saturated rings. The number of amides is 1. The second-order valence-electron chi connectivity index (χ2n) is 7.42. The number of ether oxygens (including phenoxy) is 4. The van der Waals surface area contributed by atoms with Crippen LogP contribution < -0.4 is 14.2 Å². The summed E-state index contributed by atoms with van der Waals surface area (Å²) in [6.45, 7) is 8.99. The molecule has 29 heavy (non-hydrogen) atoms. The van der Waals surface area contributed by atoms with Gasteiger partial charge in [-0.05, 0) is 13.0 Å². The van der Waals surface area contributed by atoms with E-state index >= 15 is 0 Å². The predicted molar refractivity (Wildman–Crippen MR) is 110 cm³/mol. The molecule has 1 aromatic carbocycles. The zero-order chi connectivity index (χ0) is 20.8.